The molecule has 0 aromatic heterocycles. The minimum Gasteiger partial charge on any atom is -0.334 e. The lowest BCUT2D eigenvalue weighted by molar-refractivity contribution is 0.119. The molecule has 2 atom stereocenters. The van der Waals surface area contributed by atoms with Gasteiger partial charge in [0.2, 0.25) is 0 Å². The lowest BCUT2D eigenvalue weighted by Gasteiger charge is -2.38. The third kappa shape index (κ3) is 5.52. The quantitative estimate of drug-likeness (QED) is 0.661. The number of benzene rings is 2. The standard InChI is InChI=1S/C24H29ClFN3O/c25-19-6-4-17(5-7-19)16-18-12-14-29(15-13-18)23-3-1-2-22(23)28-24(30)27-21-10-8-20(26)9-11-21/h4-11,18,22-23H,1-3,12-16H2,(H2,27,28,30)/t22-,23-/m1/s1. The second-order valence-electron chi connectivity index (χ2n) is 8.52. The van der Waals surface area contributed by atoms with Crippen LogP contribution in [-0.4, -0.2) is 36.1 Å². The van der Waals surface area contributed by atoms with Gasteiger partial charge in [0.05, 0.1) is 0 Å². The molecule has 2 aliphatic rings. The molecule has 1 heterocycles. The van der Waals surface area contributed by atoms with Crippen molar-refractivity contribution < 1.29 is 9.18 Å². The number of anilines is 1. The van der Waals surface area contributed by atoms with Crippen LogP contribution in [0, 0.1) is 11.7 Å². The molecule has 160 valence electrons. The maximum atomic E-state index is 13.0. The highest BCUT2D eigenvalue weighted by molar-refractivity contribution is 6.30. The van der Waals surface area contributed by atoms with Crippen LogP contribution in [-0.2, 0) is 6.42 Å². The Morgan fingerprint density at radius 1 is 1.00 bits per heavy atom. The van der Waals surface area contributed by atoms with Crippen molar-refractivity contribution in [2.45, 2.75) is 50.6 Å². The second-order valence-corrected chi connectivity index (χ2v) is 8.96. The summed E-state index contributed by atoms with van der Waals surface area (Å²) in [4.78, 5) is 15.0. The summed E-state index contributed by atoms with van der Waals surface area (Å²) in [5, 5.41) is 6.75. The van der Waals surface area contributed by atoms with Gasteiger partial charge in [-0.15, -0.1) is 0 Å². The highest BCUT2D eigenvalue weighted by Gasteiger charge is 2.35. The third-order valence-electron chi connectivity index (χ3n) is 6.45. The van der Waals surface area contributed by atoms with Crippen LogP contribution in [0.15, 0.2) is 48.5 Å². The molecule has 1 aliphatic heterocycles. The van der Waals surface area contributed by atoms with E-state index in [4.69, 9.17) is 11.6 Å². The predicted molar refractivity (Wildman–Crippen MR) is 119 cm³/mol. The summed E-state index contributed by atoms with van der Waals surface area (Å²) in [6.07, 6.45) is 6.76. The van der Waals surface area contributed by atoms with E-state index in [1.807, 2.05) is 12.1 Å². The molecule has 2 fully saturated rings. The average Bonchev–Trinajstić information content (AvgIpc) is 3.20. The molecule has 2 aromatic rings. The van der Waals surface area contributed by atoms with Crippen LogP contribution in [0.1, 0.15) is 37.7 Å². The second kappa shape index (κ2) is 9.80. The molecule has 0 bridgehead atoms. The Hall–Kier alpha value is -2.11. The van der Waals surface area contributed by atoms with Crippen molar-refractivity contribution in [3.63, 3.8) is 0 Å². The van der Waals surface area contributed by atoms with E-state index >= 15 is 0 Å². The molecule has 4 rings (SSSR count). The number of nitrogens with zero attached hydrogens (tertiary/aromatic N) is 1. The number of carbonyl (C=O) groups is 1. The number of amides is 2. The number of rotatable bonds is 5. The Morgan fingerprint density at radius 2 is 1.70 bits per heavy atom. The van der Waals surface area contributed by atoms with E-state index in [1.54, 1.807) is 12.1 Å². The molecule has 0 unspecified atom stereocenters. The molecule has 2 aromatic carbocycles. The predicted octanol–water partition coefficient (Wildman–Crippen LogP) is 5.48. The molecular weight excluding hydrogens is 401 g/mol. The van der Waals surface area contributed by atoms with Crippen molar-refractivity contribution in [3.05, 3.63) is 64.9 Å². The van der Waals surface area contributed by atoms with Gasteiger partial charge in [-0.1, -0.05) is 23.7 Å². The van der Waals surface area contributed by atoms with E-state index in [0.29, 0.717) is 17.6 Å². The third-order valence-corrected chi connectivity index (χ3v) is 6.71. The van der Waals surface area contributed by atoms with Gasteiger partial charge >= 0.3 is 6.03 Å². The van der Waals surface area contributed by atoms with Gasteiger partial charge in [-0.3, -0.25) is 4.90 Å². The number of halogens is 2. The van der Waals surface area contributed by atoms with Gasteiger partial charge in [0.25, 0.3) is 0 Å². The Labute approximate surface area is 182 Å². The normalized spacial score (nSPS) is 22.7. The van der Waals surface area contributed by atoms with Gasteiger partial charge in [-0.25, -0.2) is 9.18 Å². The lowest BCUT2D eigenvalue weighted by Crippen LogP contribution is -2.52. The fourth-order valence-electron chi connectivity index (χ4n) is 4.86. The van der Waals surface area contributed by atoms with Crippen LogP contribution >= 0.6 is 11.6 Å². The molecule has 4 nitrogen and oxygen atoms in total. The van der Waals surface area contributed by atoms with Gasteiger partial charge in [-0.05, 0) is 99.5 Å². The number of likely N-dealkylation sites (tertiary alicyclic amines) is 1. The zero-order valence-corrected chi connectivity index (χ0v) is 17.9. The lowest BCUT2D eigenvalue weighted by atomic mass is 9.89. The van der Waals surface area contributed by atoms with Crippen LogP contribution < -0.4 is 10.6 Å². The number of piperidine rings is 1. The molecule has 1 aliphatic carbocycles. The van der Waals surface area contributed by atoms with Crippen LogP contribution in [0.3, 0.4) is 0 Å². The first kappa shape index (κ1) is 21.1. The molecule has 0 radical (unpaired) electrons. The molecule has 2 amide bonds. The first-order valence-corrected chi connectivity index (χ1v) is 11.3. The van der Waals surface area contributed by atoms with Crippen LogP contribution in [0.5, 0.6) is 0 Å². The highest BCUT2D eigenvalue weighted by Crippen LogP contribution is 2.30. The number of carbonyl (C=O) groups excluding carboxylic acids is 1. The summed E-state index contributed by atoms with van der Waals surface area (Å²) in [6.45, 7) is 2.17. The van der Waals surface area contributed by atoms with E-state index in [-0.39, 0.29) is 17.9 Å². The maximum Gasteiger partial charge on any atom is 0.319 e. The van der Waals surface area contributed by atoms with Crippen LogP contribution in [0.25, 0.3) is 0 Å². The monoisotopic (exact) mass is 429 g/mol. The Bertz CT molecular complexity index is 835. The van der Waals surface area contributed by atoms with Gasteiger partial charge < -0.3 is 10.6 Å². The van der Waals surface area contributed by atoms with E-state index in [0.717, 1.165) is 43.8 Å². The summed E-state index contributed by atoms with van der Waals surface area (Å²) in [5.74, 6) is 0.397. The minimum absolute atomic E-state index is 0.165. The van der Waals surface area contributed by atoms with Crippen LogP contribution in [0.2, 0.25) is 5.02 Å². The summed E-state index contributed by atoms with van der Waals surface area (Å²) in [5.41, 5.74) is 1.96. The molecule has 0 spiro atoms. The van der Waals surface area contributed by atoms with Gasteiger partial charge in [0.1, 0.15) is 5.82 Å². The number of hydrogen-bond acceptors (Lipinski definition) is 2. The Morgan fingerprint density at radius 3 is 2.40 bits per heavy atom. The van der Waals surface area contributed by atoms with E-state index in [9.17, 15) is 9.18 Å². The zero-order valence-electron chi connectivity index (χ0n) is 17.1. The number of hydrogen-bond donors (Lipinski definition) is 2. The molecule has 2 N–H and O–H groups in total. The smallest absolute Gasteiger partial charge is 0.319 e. The van der Waals surface area contributed by atoms with Gasteiger partial charge in [-0.2, -0.15) is 0 Å². The molecule has 1 saturated heterocycles. The Balaban J connectivity index is 1.26. The molecule has 6 heteroatoms. The molecular formula is C24H29ClFN3O. The van der Waals surface area contributed by atoms with Crippen LogP contribution in [0.4, 0.5) is 14.9 Å². The van der Waals surface area contributed by atoms with Crippen molar-refractivity contribution in [1.29, 1.82) is 0 Å². The number of nitrogens with one attached hydrogen (secondary N) is 2. The summed E-state index contributed by atoms with van der Waals surface area (Å²) < 4.78 is 13.0. The summed E-state index contributed by atoms with van der Waals surface area (Å²) in [7, 11) is 0. The summed E-state index contributed by atoms with van der Waals surface area (Å²) >= 11 is 5.99. The fourth-order valence-corrected chi connectivity index (χ4v) is 4.98. The number of urea groups is 1. The summed E-state index contributed by atoms with van der Waals surface area (Å²) in [6, 6.07) is 14.4. The highest BCUT2D eigenvalue weighted by atomic mass is 35.5. The van der Waals surface area contributed by atoms with Crippen molar-refractivity contribution in [2.75, 3.05) is 18.4 Å². The van der Waals surface area contributed by atoms with Gasteiger partial charge in [0, 0.05) is 22.8 Å². The van der Waals surface area contributed by atoms with Crippen molar-refractivity contribution in [3.8, 4) is 0 Å². The molecule has 30 heavy (non-hydrogen) atoms. The van der Waals surface area contributed by atoms with Crippen molar-refractivity contribution >= 4 is 23.3 Å². The van der Waals surface area contributed by atoms with E-state index < -0.39 is 0 Å². The zero-order chi connectivity index (χ0) is 20.9. The first-order chi connectivity index (χ1) is 14.6. The fraction of sp³-hybridized carbons (Fsp3) is 0.458. The maximum absolute atomic E-state index is 13.0. The Kier molecular flexibility index (Phi) is 6.90. The van der Waals surface area contributed by atoms with E-state index in [1.165, 1.54) is 30.5 Å². The van der Waals surface area contributed by atoms with Crippen molar-refractivity contribution in [2.24, 2.45) is 5.92 Å². The molecule has 1 saturated carbocycles. The van der Waals surface area contributed by atoms with E-state index in [2.05, 4.69) is 27.7 Å². The minimum atomic E-state index is -0.309. The topological polar surface area (TPSA) is 44.4 Å². The average molecular weight is 430 g/mol. The van der Waals surface area contributed by atoms with Gasteiger partial charge in [0.15, 0.2) is 0 Å². The van der Waals surface area contributed by atoms with Crippen molar-refractivity contribution in [1.82, 2.24) is 10.2 Å². The largest absolute Gasteiger partial charge is 0.334 e. The first-order valence-electron chi connectivity index (χ1n) is 10.9. The SMILES string of the molecule is O=C(Nc1ccc(F)cc1)N[C@@H]1CCC[C@H]1N1CCC(Cc2ccc(Cl)cc2)CC1.